The van der Waals surface area contributed by atoms with E-state index in [1.807, 2.05) is 48.2 Å². The summed E-state index contributed by atoms with van der Waals surface area (Å²) in [5.74, 6) is 2.60. The Balaban J connectivity index is 1.47. The van der Waals surface area contributed by atoms with Gasteiger partial charge in [0.1, 0.15) is 11.6 Å². The van der Waals surface area contributed by atoms with Gasteiger partial charge in [-0.15, -0.1) is 0 Å². The minimum Gasteiger partial charge on any atom is -0.439 e. The minimum absolute atomic E-state index is 0.0999. The summed E-state index contributed by atoms with van der Waals surface area (Å²) < 4.78 is 11.3. The molecule has 0 radical (unpaired) electrons. The van der Waals surface area contributed by atoms with Crippen LogP contribution in [0.2, 0.25) is 0 Å². The van der Waals surface area contributed by atoms with Crippen molar-refractivity contribution in [3.05, 3.63) is 47.9 Å². The van der Waals surface area contributed by atoms with Crippen molar-refractivity contribution in [3.63, 3.8) is 0 Å². The lowest BCUT2D eigenvalue weighted by Crippen LogP contribution is -2.44. The highest BCUT2D eigenvalue weighted by atomic mass is 16.5. The molecule has 6 heteroatoms. The monoisotopic (exact) mass is 381 g/mol. The molecule has 3 heterocycles. The zero-order valence-electron chi connectivity index (χ0n) is 16.3. The van der Waals surface area contributed by atoms with Crippen LogP contribution in [0.1, 0.15) is 43.1 Å². The Morgan fingerprint density at radius 2 is 1.93 bits per heavy atom. The quantitative estimate of drug-likeness (QED) is 0.808. The number of hydrogen-bond acceptors (Lipinski definition) is 5. The summed E-state index contributed by atoms with van der Waals surface area (Å²) in [6.07, 6.45) is 3.63. The molecule has 2 fully saturated rings. The van der Waals surface area contributed by atoms with E-state index >= 15 is 0 Å². The number of amides is 1. The van der Waals surface area contributed by atoms with Crippen molar-refractivity contribution in [2.75, 3.05) is 26.3 Å². The third kappa shape index (κ3) is 4.50. The van der Waals surface area contributed by atoms with Crippen molar-refractivity contribution in [1.29, 1.82) is 0 Å². The molecule has 6 nitrogen and oxygen atoms in total. The minimum atomic E-state index is 0.0999. The molecule has 1 aromatic carbocycles. The normalized spacial score (nSPS) is 20.8. The van der Waals surface area contributed by atoms with Crippen molar-refractivity contribution in [2.24, 2.45) is 5.92 Å². The van der Waals surface area contributed by atoms with Crippen LogP contribution in [0.25, 0.3) is 0 Å². The van der Waals surface area contributed by atoms with Crippen LogP contribution in [0.15, 0.2) is 36.4 Å². The molecule has 1 amide bonds. The van der Waals surface area contributed by atoms with Crippen molar-refractivity contribution in [1.82, 2.24) is 14.9 Å². The Morgan fingerprint density at radius 3 is 2.71 bits per heavy atom. The van der Waals surface area contributed by atoms with E-state index in [0.717, 1.165) is 49.5 Å². The van der Waals surface area contributed by atoms with Crippen LogP contribution in [0, 0.1) is 12.8 Å². The summed E-state index contributed by atoms with van der Waals surface area (Å²) in [5.41, 5.74) is 0.879. The number of nitrogens with zero attached hydrogens (tertiary/aromatic N) is 3. The van der Waals surface area contributed by atoms with Crippen LogP contribution in [0.4, 0.5) is 0 Å². The number of likely N-dealkylation sites (tertiary alicyclic amines) is 1. The first-order valence-corrected chi connectivity index (χ1v) is 10.1. The summed E-state index contributed by atoms with van der Waals surface area (Å²) in [7, 11) is 0. The van der Waals surface area contributed by atoms with Gasteiger partial charge in [0.15, 0.2) is 0 Å². The molecule has 148 valence electrons. The Labute approximate surface area is 165 Å². The molecule has 2 saturated heterocycles. The van der Waals surface area contributed by atoms with Crippen LogP contribution in [0.5, 0.6) is 11.6 Å². The SMILES string of the molecule is Cc1cc(Oc2ccccc2)nc([C@H]2CCCN(C(=O)C3CCOCC3)C2)n1. The van der Waals surface area contributed by atoms with Crippen LogP contribution in [-0.4, -0.2) is 47.1 Å². The number of para-hydroxylation sites is 1. The van der Waals surface area contributed by atoms with E-state index in [1.54, 1.807) is 0 Å². The summed E-state index contributed by atoms with van der Waals surface area (Å²) in [6, 6.07) is 11.5. The van der Waals surface area contributed by atoms with Gasteiger partial charge in [0.2, 0.25) is 11.8 Å². The number of benzene rings is 1. The second kappa shape index (κ2) is 8.69. The number of aryl methyl sites for hydroxylation is 1. The molecule has 0 unspecified atom stereocenters. The van der Waals surface area contributed by atoms with Crippen molar-refractivity contribution < 1.29 is 14.3 Å². The fraction of sp³-hybridized carbons (Fsp3) is 0.500. The number of aromatic nitrogens is 2. The molecule has 2 aromatic rings. The third-order valence-electron chi connectivity index (χ3n) is 5.48. The molecule has 0 saturated carbocycles. The average Bonchev–Trinajstić information content (AvgIpc) is 2.74. The van der Waals surface area contributed by atoms with Crippen molar-refractivity contribution in [3.8, 4) is 11.6 Å². The molecular formula is C22H27N3O3. The summed E-state index contributed by atoms with van der Waals surface area (Å²) in [4.78, 5) is 24.2. The summed E-state index contributed by atoms with van der Waals surface area (Å²) in [5, 5.41) is 0. The lowest BCUT2D eigenvalue weighted by molar-refractivity contribution is -0.139. The molecule has 2 aliphatic heterocycles. The lowest BCUT2D eigenvalue weighted by atomic mass is 9.93. The van der Waals surface area contributed by atoms with E-state index in [4.69, 9.17) is 9.47 Å². The number of piperidine rings is 1. The van der Waals surface area contributed by atoms with E-state index in [9.17, 15) is 4.79 Å². The van der Waals surface area contributed by atoms with Crippen molar-refractivity contribution in [2.45, 2.75) is 38.5 Å². The number of hydrogen-bond donors (Lipinski definition) is 0. The van der Waals surface area contributed by atoms with Crippen molar-refractivity contribution >= 4 is 5.91 Å². The molecule has 2 aliphatic rings. The fourth-order valence-corrected chi connectivity index (χ4v) is 4.00. The van der Waals surface area contributed by atoms with Gasteiger partial charge in [-0.2, -0.15) is 4.98 Å². The van der Waals surface area contributed by atoms with Crippen LogP contribution >= 0.6 is 0 Å². The molecule has 1 atom stereocenters. The van der Waals surface area contributed by atoms with Crippen LogP contribution < -0.4 is 4.74 Å². The fourth-order valence-electron chi connectivity index (χ4n) is 4.00. The van der Waals surface area contributed by atoms with E-state index in [-0.39, 0.29) is 17.7 Å². The lowest BCUT2D eigenvalue weighted by Gasteiger charge is -2.35. The number of carbonyl (C=O) groups is 1. The maximum atomic E-state index is 12.9. The molecule has 4 rings (SSSR count). The van der Waals surface area contributed by atoms with Gasteiger partial charge in [-0.1, -0.05) is 18.2 Å². The maximum Gasteiger partial charge on any atom is 0.225 e. The van der Waals surface area contributed by atoms with E-state index < -0.39 is 0 Å². The van der Waals surface area contributed by atoms with Gasteiger partial charge in [-0.25, -0.2) is 4.98 Å². The average molecular weight is 381 g/mol. The summed E-state index contributed by atoms with van der Waals surface area (Å²) >= 11 is 0. The maximum absolute atomic E-state index is 12.9. The van der Waals surface area contributed by atoms with Gasteiger partial charge in [0.05, 0.1) is 0 Å². The first-order valence-electron chi connectivity index (χ1n) is 10.1. The Bertz CT molecular complexity index is 806. The molecule has 0 spiro atoms. The second-order valence-corrected chi connectivity index (χ2v) is 7.63. The standard InChI is InChI=1S/C22H27N3O3/c1-16-14-20(28-19-7-3-2-4-8-19)24-21(23-16)18-6-5-11-25(15-18)22(26)17-9-12-27-13-10-17/h2-4,7-8,14,17-18H,5-6,9-13,15H2,1H3/t18-/m0/s1. The Hall–Kier alpha value is -2.47. The predicted octanol–water partition coefficient (Wildman–Crippen LogP) is 3.71. The molecular weight excluding hydrogens is 354 g/mol. The molecule has 1 aromatic heterocycles. The smallest absolute Gasteiger partial charge is 0.225 e. The highest BCUT2D eigenvalue weighted by molar-refractivity contribution is 5.79. The first-order chi connectivity index (χ1) is 13.7. The molecule has 0 bridgehead atoms. The number of rotatable bonds is 4. The van der Waals surface area contributed by atoms with E-state index in [2.05, 4.69) is 9.97 Å². The largest absolute Gasteiger partial charge is 0.439 e. The van der Waals surface area contributed by atoms with Gasteiger partial charge in [0.25, 0.3) is 0 Å². The summed E-state index contributed by atoms with van der Waals surface area (Å²) in [6.45, 7) is 4.84. The first kappa shape index (κ1) is 18.9. The Kier molecular flexibility index (Phi) is 5.86. The number of carbonyl (C=O) groups excluding carboxylic acids is 1. The Morgan fingerprint density at radius 1 is 1.14 bits per heavy atom. The second-order valence-electron chi connectivity index (χ2n) is 7.63. The van der Waals surface area contributed by atoms with Gasteiger partial charge >= 0.3 is 0 Å². The molecule has 28 heavy (non-hydrogen) atoms. The third-order valence-corrected chi connectivity index (χ3v) is 5.48. The number of ether oxygens (including phenoxy) is 2. The van der Waals surface area contributed by atoms with E-state index in [0.29, 0.717) is 25.6 Å². The molecule has 0 N–H and O–H groups in total. The zero-order valence-corrected chi connectivity index (χ0v) is 16.3. The zero-order chi connectivity index (χ0) is 19.3. The predicted molar refractivity (Wildman–Crippen MR) is 105 cm³/mol. The van der Waals surface area contributed by atoms with E-state index in [1.165, 1.54) is 0 Å². The van der Waals surface area contributed by atoms with Gasteiger partial charge in [-0.3, -0.25) is 4.79 Å². The van der Waals surface area contributed by atoms with Crippen LogP contribution in [0.3, 0.4) is 0 Å². The topological polar surface area (TPSA) is 64.5 Å². The van der Waals surface area contributed by atoms with Gasteiger partial charge in [-0.05, 0) is 44.7 Å². The highest BCUT2D eigenvalue weighted by Gasteiger charge is 2.31. The molecule has 0 aliphatic carbocycles. The highest BCUT2D eigenvalue weighted by Crippen LogP contribution is 2.29. The van der Waals surface area contributed by atoms with Gasteiger partial charge < -0.3 is 14.4 Å². The van der Waals surface area contributed by atoms with Crippen LogP contribution in [-0.2, 0) is 9.53 Å². The van der Waals surface area contributed by atoms with Gasteiger partial charge in [0, 0.05) is 49.9 Å².